The Kier molecular flexibility index (Phi) is 5.46. The van der Waals surface area contributed by atoms with E-state index in [-0.39, 0.29) is 12.0 Å². The lowest BCUT2D eigenvalue weighted by Crippen LogP contribution is -2.46. The number of amides is 1. The standard InChI is InChI=1S/C19H22N2O3/c20-10-9-18-14-21(11-12-23-18)19(22)15-5-4-8-17(13-15)24-16-6-2-1-3-7-16/h1-8,13,18H,9-12,14,20H2/t18-/m1/s1. The fourth-order valence-electron chi connectivity index (χ4n) is 2.76. The minimum Gasteiger partial charge on any atom is -0.457 e. The Labute approximate surface area is 142 Å². The number of ether oxygens (including phenoxy) is 2. The van der Waals surface area contributed by atoms with E-state index in [9.17, 15) is 4.79 Å². The van der Waals surface area contributed by atoms with Crippen LogP contribution in [0.3, 0.4) is 0 Å². The van der Waals surface area contributed by atoms with Gasteiger partial charge in [0.25, 0.3) is 5.91 Å². The first-order valence-electron chi connectivity index (χ1n) is 8.20. The normalized spacial score (nSPS) is 17.5. The molecule has 0 spiro atoms. The Hall–Kier alpha value is -2.37. The van der Waals surface area contributed by atoms with Crippen LogP contribution >= 0.6 is 0 Å². The summed E-state index contributed by atoms with van der Waals surface area (Å²) in [5, 5.41) is 0. The van der Waals surface area contributed by atoms with Gasteiger partial charge in [-0.2, -0.15) is 0 Å². The van der Waals surface area contributed by atoms with E-state index in [0.717, 1.165) is 12.2 Å². The van der Waals surface area contributed by atoms with Gasteiger partial charge in [-0.1, -0.05) is 24.3 Å². The predicted octanol–water partition coefficient (Wildman–Crippen LogP) is 2.67. The van der Waals surface area contributed by atoms with Crippen LogP contribution in [0.4, 0.5) is 0 Å². The molecule has 2 aromatic carbocycles. The molecule has 5 heteroatoms. The molecule has 126 valence electrons. The van der Waals surface area contributed by atoms with E-state index in [2.05, 4.69) is 0 Å². The quantitative estimate of drug-likeness (QED) is 0.917. The first kappa shape index (κ1) is 16.5. The summed E-state index contributed by atoms with van der Waals surface area (Å²) in [6, 6.07) is 16.8. The van der Waals surface area contributed by atoms with Gasteiger partial charge in [0.1, 0.15) is 11.5 Å². The predicted molar refractivity (Wildman–Crippen MR) is 92.3 cm³/mol. The Balaban J connectivity index is 1.70. The lowest BCUT2D eigenvalue weighted by molar-refractivity contribution is -0.0236. The second-order valence-corrected chi connectivity index (χ2v) is 5.76. The van der Waals surface area contributed by atoms with Crippen molar-refractivity contribution in [3.63, 3.8) is 0 Å². The molecular weight excluding hydrogens is 304 g/mol. The van der Waals surface area contributed by atoms with Gasteiger partial charge in [0.05, 0.1) is 12.7 Å². The fraction of sp³-hybridized carbons (Fsp3) is 0.316. The average molecular weight is 326 g/mol. The lowest BCUT2D eigenvalue weighted by Gasteiger charge is -2.33. The van der Waals surface area contributed by atoms with Crippen LogP contribution < -0.4 is 10.5 Å². The number of carbonyl (C=O) groups is 1. The maximum Gasteiger partial charge on any atom is 0.254 e. The number of carbonyl (C=O) groups excluding carboxylic acids is 1. The van der Waals surface area contributed by atoms with Crippen molar-refractivity contribution in [2.75, 3.05) is 26.2 Å². The van der Waals surface area contributed by atoms with Crippen molar-refractivity contribution in [3.05, 3.63) is 60.2 Å². The molecule has 1 saturated heterocycles. The van der Waals surface area contributed by atoms with Crippen LogP contribution in [0.25, 0.3) is 0 Å². The third-order valence-electron chi connectivity index (χ3n) is 3.97. The van der Waals surface area contributed by atoms with Gasteiger partial charge in [-0.3, -0.25) is 4.79 Å². The third-order valence-corrected chi connectivity index (χ3v) is 3.97. The van der Waals surface area contributed by atoms with E-state index in [4.69, 9.17) is 15.2 Å². The minimum atomic E-state index is -0.00108. The van der Waals surface area contributed by atoms with Gasteiger partial charge < -0.3 is 20.1 Å². The van der Waals surface area contributed by atoms with E-state index in [1.807, 2.05) is 53.4 Å². The smallest absolute Gasteiger partial charge is 0.254 e. The highest BCUT2D eigenvalue weighted by Crippen LogP contribution is 2.23. The van der Waals surface area contributed by atoms with Crippen molar-refractivity contribution in [1.29, 1.82) is 0 Å². The minimum absolute atomic E-state index is 0.00108. The molecule has 1 aliphatic heterocycles. The summed E-state index contributed by atoms with van der Waals surface area (Å²) in [6.07, 6.45) is 0.789. The molecule has 0 aromatic heterocycles. The first-order valence-corrected chi connectivity index (χ1v) is 8.20. The maximum atomic E-state index is 12.7. The highest BCUT2D eigenvalue weighted by molar-refractivity contribution is 5.94. The number of para-hydroxylation sites is 1. The van der Waals surface area contributed by atoms with Crippen LogP contribution in [0.15, 0.2) is 54.6 Å². The molecule has 0 aliphatic carbocycles. The van der Waals surface area contributed by atoms with Gasteiger partial charge >= 0.3 is 0 Å². The van der Waals surface area contributed by atoms with Gasteiger partial charge in [0.2, 0.25) is 0 Å². The molecule has 1 aliphatic rings. The van der Waals surface area contributed by atoms with Gasteiger partial charge in [-0.05, 0) is 43.3 Å². The largest absolute Gasteiger partial charge is 0.457 e. The van der Waals surface area contributed by atoms with Gasteiger partial charge in [0, 0.05) is 18.7 Å². The molecule has 0 bridgehead atoms. The number of nitrogens with two attached hydrogens (primary N) is 1. The Bertz CT molecular complexity index is 673. The molecule has 1 atom stereocenters. The first-order chi connectivity index (χ1) is 11.8. The van der Waals surface area contributed by atoms with Gasteiger partial charge in [-0.25, -0.2) is 0 Å². The van der Waals surface area contributed by atoms with Crippen LogP contribution in [0.2, 0.25) is 0 Å². The van der Waals surface area contributed by atoms with E-state index < -0.39 is 0 Å². The van der Waals surface area contributed by atoms with Crippen molar-refractivity contribution in [2.45, 2.75) is 12.5 Å². The Morgan fingerprint density at radius 2 is 1.96 bits per heavy atom. The lowest BCUT2D eigenvalue weighted by atomic mass is 10.1. The number of hydrogen-bond acceptors (Lipinski definition) is 4. The van der Waals surface area contributed by atoms with Crippen molar-refractivity contribution < 1.29 is 14.3 Å². The second-order valence-electron chi connectivity index (χ2n) is 5.76. The topological polar surface area (TPSA) is 64.8 Å². The Morgan fingerprint density at radius 3 is 2.75 bits per heavy atom. The summed E-state index contributed by atoms with van der Waals surface area (Å²) >= 11 is 0. The van der Waals surface area contributed by atoms with Crippen LogP contribution in [0.5, 0.6) is 11.5 Å². The molecule has 0 radical (unpaired) electrons. The van der Waals surface area contributed by atoms with Crippen LogP contribution in [0, 0.1) is 0 Å². The van der Waals surface area contributed by atoms with E-state index >= 15 is 0 Å². The number of hydrogen-bond donors (Lipinski definition) is 1. The van der Waals surface area contributed by atoms with Crippen LogP contribution in [0.1, 0.15) is 16.8 Å². The van der Waals surface area contributed by atoms with Crippen molar-refractivity contribution in [2.24, 2.45) is 5.73 Å². The van der Waals surface area contributed by atoms with Crippen molar-refractivity contribution in [1.82, 2.24) is 4.90 Å². The summed E-state index contributed by atoms with van der Waals surface area (Å²) in [6.45, 7) is 2.30. The summed E-state index contributed by atoms with van der Waals surface area (Å²) in [4.78, 5) is 14.6. The molecule has 1 amide bonds. The monoisotopic (exact) mass is 326 g/mol. The van der Waals surface area contributed by atoms with E-state index in [0.29, 0.717) is 37.6 Å². The van der Waals surface area contributed by atoms with E-state index in [1.165, 1.54) is 0 Å². The third kappa shape index (κ3) is 4.13. The van der Waals surface area contributed by atoms with E-state index in [1.54, 1.807) is 6.07 Å². The molecule has 3 rings (SSSR count). The van der Waals surface area contributed by atoms with Crippen molar-refractivity contribution in [3.8, 4) is 11.5 Å². The molecule has 5 nitrogen and oxygen atoms in total. The zero-order valence-corrected chi connectivity index (χ0v) is 13.6. The average Bonchev–Trinajstić information content (AvgIpc) is 2.63. The number of rotatable bonds is 5. The van der Waals surface area contributed by atoms with Gasteiger partial charge in [0.15, 0.2) is 0 Å². The zero-order chi connectivity index (χ0) is 16.8. The SMILES string of the molecule is NCC[C@@H]1CN(C(=O)c2cccc(Oc3ccccc3)c2)CCO1. The molecule has 2 aromatic rings. The number of morpholine rings is 1. The number of nitrogens with zero attached hydrogens (tertiary/aromatic N) is 1. The molecule has 1 heterocycles. The highest BCUT2D eigenvalue weighted by Gasteiger charge is 2.24. The fourth-order valence-corrected chi connectivity index (χ4v) is 2.76. The zero-order valence-electron chi connectivity index (χ0n) is 13.6. The van der Waals surface area contributed by atoms with Crippen LogP contribution in [-0.2, 0) is 4.74 Å². The second kappa shape index (κ2) is 7.95. The maximum absolute atomic E-state index is 12.7. The Morgan fingerprint density at radius 1 is 1.17 bits per heavy atom. The van der Waals surface area contributed by atoms with Crippen LogP contribution in [-0.4, -0.2) is 43.2 Å². The highest BCUT2D eigenvalue weighted by atomic mass is 16.5. The molecule has 0 saturated carbocycles. The summed E-state index contributed by atoms with van der Waals surface area (Å²) in [5.41, 5.74) is 6.21. The summed E-state index contributed by atoms with van der Waals surface area (Å²) in [5.74, 6) is 1.40. The molecule has 1 fully saturated rings. The molecule has 24 heavy (non-hydrogen) atoms. The molecule has 2 N–H and O–H groups in total. The molecular formula is C19H22N2O3. The summed E-state index contributed by atoms with van der Waals surface area (Å²) < 4.78 is 11.4. The molecule has 0 unspecified atom stereocenters. The van der Waals surface area contributed by atoms with Gasteiger partial charge in [-0.15, -0.1) is 0 Å². The number of benzene rings is 2. The van der Waals surface area contributed by atoms with Crippen molar-refractivity contribution >= 4 is 5.91 Å². The summed E-state index contributed by atoms with van der Waals surface area (Å²) in [7, 11) is 0.